The van der Waals surface area contributed by atoms with Crippen molar-refractivity contribution in [2.75, 3.05) is 5.32 Å². The Balaban J connectivity index is 1.81. The number of aryl methyl sites for hydroxylation is 1. The van der Waals surface area contributed by atoms with E-state index in [0.717, 1.165) is 22.4 Å². The number of aromatic nitrogens is 4. The topological polar surface area (TPSA) is 79.6 Å². The summed E-state index contributed by atoms with van der Waals surface area (Å²) in [6.07, 6.45) is 1.65. The van der Waals surface area contributed by atoms with Crippen molar-refractivity contribution in [1.82, 2.24) is 20.4 Å². The number of nitrogens with one attached hydrogen (secondary N) is 2. The number of H-pyrrole nitrogens is 1. The Hall–Kier alpha value is -2.37. The summed E-state index contributed by atoms with van der Waals surface area (Å²) in [5.74, 6) is 0. The number of benzene rings is 1. The van der Waals surface area contributed by atoms with Gasteiger partial charge in [0.1, 0.15) is 11.2 Å². The van der Waals surface area contributed by atoms with E-state index in [4.69, 9.17) is 4.42 Å². The van der Waals surface area contributed by atoms with Gasteiger partial charge in [0, 0.05) is 0 Å². The Kier molecular flexibility index (Phi) is 2.25. The minimum Gasteiger partial charge on any atom is -0.424 e. The summed E-state index contributed by atoms with van der Waals surface area (Å²) < 4.78 is 5.54. The van der Waals surface area contributed by atoms with Gasteiger partial charge >= 0.3 is 0 Å². The van der Waals surface area contributed by atoms with Crippen LogP contribution in [-0.4, -0.2) is 20.4 Å². The van der Waals surface area contributed by atoms with Crippen molar-refractivity contribution in [3.8, 4) is 0 Å². The molecule has 0 atom stereocenters. The number of hydrogen-bond acceptors (Lipinski definition) is 5. The summed E-state index contributed by atoms with van der Waals surface area (Å²) in [5, 5.41) is 13.3. The van der Waals surface area contributed by atoms with E-state index in [1.165, 1.54) is 0 Å². The molecule has 17 heavy (non-hydrogen) atoms. The van der Waals surface area contributed by atoms with Crippen LogP contribution in [0.15, 0.2) is 28.8 Å². The predicted octanol–water partition coefficient (Wildman–Crippen LogP) is 1.87. The van der Waals surface area contributed by atoms with E-state index in [2.05, 4.69) is 25.7 Å². The fourth-order valence-electron chi connectivity index (χ4n) is 1.59. The number of hydrogen-bond donors (Lipinski definition) is 2. The van der Waals surface area contributed by atoms with Crippen LogP contribution in [0.25, 0.3) is 11.1 Å². The molecule has 0 amide bonds. The average Bonchev–Trinajstić information content (AvgIpc) is 2.94. The Morgan fingerprint density at radius 2 is 2.35 bits per heavy atom. The molecule has 2 aromatic heterocycles. The second-order valence-electron chi connectivity index (χ2n) is 3.81. The highest BCUT2D eigenvalue weighted by atomic mass is 16.4. The van der Waals surface area contributed by atoms with Crippen LogP contribution in [0, 0.1) is 6.92 Å². The number of rotatable bonds is 3. The van der Waals surface area contributed by atoms with Crippen molar-refractivity contribution >= 4 is 17.1 Å². The van der Waals surface area contributed by atoms with Crippen LogP contribution >= 0.6 is 0 Å². The highest BCUT2D eigenvalue weighted by Gasteiger charge is 2.05. The maximum atomic E-state index is 5.54. The van der Waals surface area contributed by atoms with Crippen LogP contribution < -0.4 is 5.32 Å². The summed E-state index contributed by atoms with van der Waals surface area (Å²) in [4.78, 5) is 4.34. The predicted molar refractivity (Wildman–Crippen MR) is 62.5 cm³/mol. The maximum absolute atomic E-state index is 5.54. The monoisotopic (exact) mass is 229 g/mol. The summed E-state index contributed by atoms with van der Waals surface area (Å²) in [6.45, 7) is 2.55. The van der Waals surface area contributed by atoms with Crippen molar-refractivity contribution in [1.29, 1.82) is 0 Å². The minimum atomic E-state index is 0.494. The fourth-order valence-corrected chi connectivity index (χ4v) is 1.59. The van der Waals surface area contributed by atoms with Crippen molar-refractivity contribution in [3.05, 3.63) is 35.7 Å². The smallest absolute Gasteiger partial charge is 0.296 e. The van der Waals surface area contributed by atoms with Crippen LogP contribution in [-0.2, 0) is 6.54 Å². The minimum absolute atomic E-state index is 0.494. The van der Waals surface area contributed by atoms with Crippen molar-refractivity contribution in [2.24, 2.45) is 0 Å². The third-order valence-electron chi connectivity index (χ3n) is 2.43. The number of aromatic amines is 1. The molecule has 86 valence electrons. The Morgan fingerprint density at radius 3 is 3.18 bits per heavy atom. The van der Waals surface area contributed by atoms with Crippen LogP contribution in [0.1, 0.15) is 11.3 Å². The van der Waals surface area contributed by atoms with E-state index >= 15 is 0 Å². The lowest BCUT2D eigenvalue weighted by atomic mass is 10.2. The molecule has 2 N–H and O–H groups in total. The highest BCUT2D eigenvalue weighted by Crippen LogP contribution is 2.19. The first-order valence-corrected chi connectivity index (χ1v) is 5.27. The summed E-state index contributed by atoms with van der Waals surface area (Å²) in [6, 6.07) is 6.39. The van der Waals surface area contributed by atoms with Gasteiger partial charge in [-0.05, 0) is 24.6 Å². The summed E-state index contributed by atoms with van der Waals surface area (Å²) in [5.41, 5.74) is 3.60. The van der Waals surface area contributed by atoms with Gasteiger partial charge in [-0.2, -0.15) is 20.4 Å². The molecule has 0 aliphatic carbocycles. The van der Waals surface area contributed by atoms with Crippen LogP contribution in [0.2, 0.25) is 0 Å². The molecular formula is C11H11N5O. The maximum Gasteiger partial charge on any atom is 0.296 e. The molecule has 0 fully saturated rings. The van der Waals surface area contributed by atoms with E-state index < -0.39 is 0 Å². The Morgan fingerprint density at radius 1 is 1.41 bits per heavy atom. The summed E-state index contributed by atoms with van der Waals surface area (Å²) >= 11 is 0. The molecule has 6 nitrogen and oxygen atoms in total. The van der Waals surface area contributed by atoms with Gasteiger partial charge in [-0.1, -0.05) is 6.07 Å². The van der Waals surface area contributed by atoms with E-state index in [1.807, 2.05) is 25.1 Å². The quantitative estimate of drug-likeness (QED) is 0.716. The zero-order valence-corrected chi connectivity index (χ0v) is 9.27. The molecule has 0 saturated heterocycles. The fraction of sp³-hybridized carbons (Fsp3) is 0.182. The standard InChI is InChI=1S/C11H11N5O/c1-7-2-3-10-9(4-7)14-11(17-10)12-5-8-6-13-16-15-8/h2-4,6H,5H2,1H3,(H,12,14)(H,13,15,16). The second-order valence-corrected chi connectivity index (χ2v) is 3.81. The lowest BCUT2D eigenvalue weighted by Gasteiger charge is -1.95. The van der Waals surface area contributed by atoms with Gasteiger partial charge in [-0.25, -0.2) is 0 Å². The number of nitrogens with zero attached hydrogens (tertiary/aromatic N) is 3. The van der Waals surface area contributed by atoms with Crippen LogP contribution in [0.3, 0.4) is 0 Å². The molecule has 0 radical (unpaired) electrons. The van der Waals surface area contributed by atoms with Gasteiger partial charge in [-0.3, -0.25) is 0 Å². The van der Waals surface area contributed by atoms with E-state index in [1.54, 1.807) is 6.20 Å². The molecule has 0 aliphatic heterocycles. The number of fused-ring (bicyclic) bond motifs is 1. The second kappa shape index (κ2) is 3.89. The molecular weight excluding hydrogens is 218 g/mol. The van der Waals surface area contributed by atoms with Crippen LogP contribution in [0.5, 0.6) is 0 Å². The lowest BCUT2D eigenvalue weighted by molar-refractivity contribution is 0.613. The molecule has 6 heteroatoms. The first-order valence-electron chi connectivity index (χ1n) is 5.27. The average molecular weight is 229 g/mol. The highest BCUT2D eigenvalue weighted by molar-refractivity contribution is 5.75. The largest absolute Gasteiger partial charge is 0.424 e. The summed E-state index contributed by atoms with van der Waals surface area (Å²) in [7, 11) is 0. The van der Waals surface area contributed by atoms with E-state index in [0.29, 0.717) is 12.6 Å². The van der Waals surface area contributed by atoms with Gasteiger partial charge in [0.2, 0.25) is 0 Å². The Bertz CT molecular complexity index is 628. The molecule has 3 aromatic rings. The number of anilines is 1. The zero-order chi connectivity index (χ0) is 11.7. The SMILES string of the molecule is Cc1ccc2oc(NCc3cn[nH]n3)nc2c1. The van der Waals surface area contributed by atoms with Gasteiger partial charge < -0.3 is 9.73 Å². The lowest BCUT2D eigenvalue weighted by Crippen LogP contribution is -1.99. The zero-order valence-electron chi connectivity index (χ0n) is 9.27. The molecule has 0 saturated carbocycles. The van der Waals surface area contributed by atoms with E-state index in [-0.39, 0.29) is 0 Å². The normalized spacial score (nSPS) is 10.9. The van der Waals surface area contributed by atoms with Crippen molar-refractivity contribution in [2.45, 2.75) is 13.5 Å². The molecule has 1 aromatic carbocycles. The number of oxazole rings is 1. The van der Waals surface area contributed by atoms with Gasteiger partial charge in [-0.15, -0.1) is 0 Å². The Labute approximate surface area is 97.0 Å². The van der Waals surface area contributed by atoms with Crippen molar-refractivity contribution < 1.29 is 4.42 Å². The van der Waals surface area contributed by atoms with Gasteiger partial charge in [0.25, 0.3) is 6.01 Å². The van der Waals surface area contributed by atoms with Gasteiger partial charge in [0.15, 0.2) is 5.58 Å². The third-order valence-corrected chi connectivity index (χ3v) is 2.43. The molecule has 2 heterocycles. The molecule has 0 spiro atoms. The first kappa shape index (κ1) is 9.83. The molecule has 0 unspecified atom stereocenters. The first-order chi connectivity index (χ1) is 8.31. The molecule has 0 bridgehead atoms. The van der Waals surface area contributed by atoms with E-state index in [9.17, 15) is 0 Å². The third kappa shape index (κ3) is 1.96. The molecule has 0 aliphatic rings. The van der Waals surface area contributed by atoms with Gasteiger partial charge in [0.05, 0.1) is 12.7 Å². The molecule has 3 rings (SSSR count). The van der Waals surface area contributed by atoms with Crippen molar-refractivity contribution in [3.63, 3.8) is 0 Å². The van der Waals surface area contributed by atoms with Crippen LogP contribution in [0.4, 0.5) is 6.01 Å².